The molecule has 0 bridgehead atoms. The summed E-state index contributed by atoms with van der Waals surface area (Å²) >= 11 is 0. The summed E-state index contributed by atoms with van der Waals surface area (Å²) in [5.74, 6) is -0.883. The van der Waals surface area contributed by atoms with Crippen LogP contribution in [0.1, 0.15) is 17.0 Å². The van der Waals surface area contributed by atoms with Gasteiger partial charge in [0.05, 0.1) is 23.3 Å². The largest absolute Gasteiger partial charge is 0.481 e. The van der Waals surface area contributed by atoms with Crippen molar-refractivity contribution in [2.75, 3.05) is 0 Å². The Morgan fingerprint density at radius 1 is 1.40 bits per heavy atom. The number of fused-ring (bicyclic) bond motifs is 1. The lowest BCUT2D eigenvalue weighted by atomic mass is 10.2. The fraction of sp³-hybridized carbons (Fsp3) is 0.300. The lowest BCUT2D eigenvalue weighted by Crippen LogP contribution is -2.02. The molecule has 0 saturated carbocycles. The highest BCUT2D eigenvalue weighted by atomic mass is 16.4. The van der Waals surface area contributed by atoms with Gasteiger partial charge in [-0.2, -0.15) is 14.8 Å². The molecule has 5 nitrogen and oxygen atoms in total. The highest BCUT2D eigenvalue weighted by molar-refractivity contribution is 5.70. The van der Waals surface area contributed by atoms with Crippen LogP contribution in [0.25, 0.3) is 5.52 Å². The minimum absolute atomic E-state index is 0.0680. The number of nitrogens with zero attached hydrogens (tertiary/aromatic N) is 3. The lowest BCUT2D eigenvalue weighted by Gasteiger charge is -1.98. The van der Waals surface area contributed by atoms with Crippen LogP contribution in [0.4, 0.5) is 0 Å². The number of carboxylic acids is 1. The Kier molecular flexibility index (Phi) is 2.15. The third kappa shape index (κ3) is 1.81. The number of aromatic nitrogens is 3. The molecule has 0 aliphatic rings. The number of hydrogen-bond acceptors (Lipinski definition) is 3. The summed E-state index contributed by atoms with van der Waals surface area (Å²) in [7, 11) is 0. The van der Waals surface area contributed by atoms with E-state index in [9.17, 15) is 4.79 Å². The van der Waals surface area contributed by atoms with Gasteiger partial charge in [-0.15, -0.1) is 0 Å². The predicted molar refractivity (Wildman–Crippen MR) is 53.8 cm³/mol. The zero-order valence-corrected chi connectivity index (χ0v) is 8.56. The Bertz CT molecular complexity index is 492. The Morgan fingerprint density at radius 2 is 2.13 bits per heavy atom. The Labute approximate surface area is 86.3 Å². The minimum atomic E-state index is -0.883. The fourth-order valence-corrected chi connectivity index (χ4v) is 1.40. The molecule has 0 aromatic carbocycles. The Morgan fingerprint density at radius 3 is 2.80 bits per heavy atom. The summed E-state index contributed by atoms with van der Waals surface area (Å²) in [6.07, 6.45) is -0.0680. The highest BCUT2D eigenvalue weighted by Crippen LogP contribution is 2.10. The van der Waals surface area contributed by atoms with E-state index in [1.807, 2.05) is 19.9 Å². The molecular weight excluding hydrogens is 194 g/mol. The van der Waals surface area contributed by atoms with Crippen molar-refractivity contribution in [3.8, 4) is 0 Å². The third-order valence-corrected chi connectivity index (χ3v) is 2.28. The normalized spacial score (nSPS) is 10.8. The third-order valence-electron chi connectivity index (χ3n) is 2.28. The van der Waals surface area contributed by atoms with Gasteiger partial charge in [-0.3, -0.25) is 4.79 Å². The molecule has 15 heavy (non-hydrogen) atoms. The van der Waals surface area contributed by atoms with Crippen molar-refractivity contribution < 1.29 is 9.90 Å². The number of rotatable bonds is 2. The summed E-state index contributed by atoms with van der Waals surface area (Å²) in [5.41, 5.74) is 3.33. The number of carbonyl (C=O) groups is 1. The SMILES string of the molecule is Cc1cc2cc(CC(=O)O)nn2nc1C. The van der Waals surface area contributed by atoms with E-state index in [1.165, 1.54) is 4.63 Å². The molecule has 1 N–H and O–H groups in total. The van der Waals surface area contributed by atoms with Gasteiger partial charge in [0.15, 0.2) is 0 Å². The first-order chi connectivity index (χ1) is 7.06. The molecule has 0 fully saturated rings. The van der Waals surface area contributed by atoms with E-state index >= 15 is 0 Å². The van der Waals surface area contributed by atoms with E-state index in [1.54, 1.807) is 6.07 Å². The number of aryl methyl sites for hydroxylation is 2. The van der Waals surface area contributed by atoms with Crippen molar-refractivity contribution in [1.29, 1.82) is 0 Å². The van der Waals surface area contributed by atoms with Crippen molar-refractivity contribution in [2.45, 2.75) is 20.3 Å². The second-order valence-corrected chi connectivity index (χ2v) is 3.53. The molecular formula is C10H11N3O2. The predicted octanol–water partition coefficient (Wildman–Crippen LogP) is 0.973. The monoisotopic (exact) mass is 205 g/mol. The molecule has 2 aromatic heterocycles. The van der Waals surface area contributed by atoms with Gasteiger partial charge >= 0.3 is 5.97 Å². The second kappa shape index (κ2) is 3.34. The topological polar surface area (TPSA) is 67.5 Å². The van der Waals surface area contributed by atoms with Crippen LogP contribution in [0.2, 0.25) is 0 Å². The van der Waals surface area contributed by atoms with Gasteiger partial charge in [0.2, 0.25) is 0 Å². The molecule has 0 aliphatic heterocycles. The van der Waals surface area contributed by atoms with Crippen LogP contribution in [-0.2, 0) is 11.2 Å². The molecule has 2 rings (SSSR count). The van der Waals surface area contributed by atoms with Crippen molar-refractivity contribution in [1.82, 2.24) is 14.8 Å². The van der Waals surface area contributed by atoms with Crippen LogP contribution in [0.5, 0.6) is 0 Å². The molecule has 0 saturated heterocycles. The first-order valence-electron chi connectivity index (χ1n) is 4.61. The zero-order chi connectivity index (χ0) is 11.0. The molecule has 0 aliphatic carbocycles. The smallest absolute Gasteiger partial charge is 0.309 e. The second-order valence-electron chi connectivity index (χ2n) is 3.53. The quantitative estimate of drug-likeness (QED) is 0.793. The van der Waals surface area contributed by atoms with Crippen molar-refractivity contribution in [3.05, 3.63) is 29.1 Å². The number of aliphatic carboxylic acids is 1. The van der Waals surface area contributed by atoms with Gasteiger partial charge in [-0.25, -0.2) is 0 Å². The van der Waals surface area contributed by atoms with Gasteiger partial charge in [-0.05, 0) is 31.5 Å². The molecule has 78 valence electrons. The van der Waals surface area contributed by atoms with E-state index in [2.05, 4.69) is 10.2 Å². The van der Waals surface area contributed by atoms with Gasteiger partial charge in [0.1, 0.15) is 0 Å². The average Bonchev–Trinajstić information content (AvgIpc) is 2.46. The van der Waals surface area contributed by atoms with E-state index in [4.69, 9.17) is 5.11 Å². The van der Waals surface area contributed by atoms with Crippen LogP contribution in [0.15, 0.2) is 12.1 Å². The van der Waals surface area contributed by atoms with Gasteiger partial charge < -0.3 is 5.11 Å². The Balaban J connectivity index is 2.51. The van der Waals surface area contributed by atoms with E-state index < -0.39 is 5.97 Å². The molecule has 5 heteroatoms. The fourth-order valence-electron chi connectivity index (χ4n) is 1.40. The van der Waals surface area contributed by atoms with Crippen molar-refractivity contribution in [3.63, 3.8) is 0 Å². The highest BCUT2D eigenvalue weighted by Gasteiger charge is 2.07. The average molecular weight is 205 g/mol. The van der Waals surface area contributed by atoms with Gasteiger partial charge in [0.25, 0.3) is 0 Å². The maximum atomic E-state index is 10.5. The standard InChI is InChI=1S/C10H11N3O2/c1-6-3-9-4-8(5-10(14)15)12-13(9)11-7(6)2/h3-4H,5H2,1-2H3,(H,14,15). The van der Waals surface area contributed by atoms with Crippen LogP contribution in [-0.4, -0.2) is 25.9 Å². The summed E-state index contributed by atoms with van der Waals surface area (Å²) in [6, 6.07) is 3.69. The van der Waals surface area contributed by atoms with Crippen molar-refractivity contribution >= 4 is 11.5 Å². The first-order valence-corrected chi connectivity index (χ1v) is 4.61. The van der Waals surface area contributed by atoms with Crippen molar-refractivity contribution in [2.24, 2.45) is 0 Å². The van der Waals surface area contributed by atoms with Crippen LogP contribution >= 0.6 is 0 Å². The van der Waals surface area contributed by atoms with Crippen LogP contribution in [0.3, 0.4) is 0 Å². The maximum absolute atomic E-state index is 10.5. The number of carboxylic acid groups (broad SMARTS) is 1. The summed E-state index contributed by atoms with van der Waals surface area (Å²) in [4.78, 5) is 10.5. The summed E-state index contributed by atoms with van der Waals surface area (Å²) in [6.45, 7) is 3.86. The lowest BCUT2D eigenvalue weighted by molar-refractivity contribution is -0.136. The van der Waals surface area contributed by atoms with Gasteiger partial charge in [-0.1, -0.05) is 0 Å². The maximum Gasteiger partial charge on any atom is 0.309 e. The number of hydrogen-bond donors (Lipinski definition) is 1. The van der Waals surface area contributed by atoms with E-state index in [-0.39, 0.29) is 6.42 Å². The molecule has 0 atom stereocenters. The van der Waals surface area contributed by atoms with Gasteiger partial charge in [0, 0.05) is 0 Å². The minimum Gasteiger partial charge on any atom is -0.481 e. The van der Waals surface area contributed by atoms with Crippen LogP contribution < -0.4 is 0 Å². The summed E-state index contributed by atoms with van der Waals surface area (Å²) < 4.78 is 1.47. The Hall–Kier alpha value is -1.91. The summed E-state index contributed by atoms with van der Waals surface area (Å²) in [5, 5.41) is 16.9. The van der Waals surface area contributed by atoms with E-state index in [0.29, 0.717) is 5.69 Å². The zero-order valence-electron chi connectivity index (χ0n) is 8.56. The molecule has 0 unspecified atom stereocenters. The molecule has 0 spiro atoms. The first kappa shape index (κ1) is 9.64. The molecule has 0 radical (unpaired) electrons. The van der Waals surface area contributed by atoms with E-state index in [0.717, 1.165) is 16.8 Å². The molecule has 0 amide bonds. The van der Waals surface area contributed by atoms with Crippen LogP contribution in [0, 0.1) is 13.8 Å². The molecule has 2 heterocycles. The molecule has 2 aromatic rings.